The number of hydrogen-bond acceptors (Lipinski definition) is 3. The lowest BCUT2D eigenvalue weighted by molar-refractivity contribution is -0.137. The molecule has 3 rings (SSSR count). The SMILES string of the molecule is Cc1nn(-c2ccccc2)c(C)c1CNS(=O)(=O)c1cccc(C(F)(F)F)c1. The molecule has 0 saturated carbocycles. The van der Waals surface area contributed by atoms with Crippen LogP contribution in [-0.2, 0) is 22.7 Å². The number of aryl methyl sites for hydroxylation is 1. The second-order valence-electron chi connectivity index (χ2n) is 6.25. The Kier molecular flexibility index (Phi) is 5.31. The fourth-order valence-corrected chi connectivity index (χ4v) is 3.88. The Balaban J connectivity index is 1.85. The summed E-state index contributed by atoms with van der Waals surface area (Å²) in [7, 11) is -4.12. The number of para-hydroxylation sites is 1. The van der Waals surface area contributed by atoms with Gasteiger partial charge >= 0.3 is 6.18 Å². The molecule has 0 aliphatic rings. The molecule has 0 unspecified atom stereocenters. The zero-order valence-corrected chi connectivity index (χ0v) is 16.0. The molecule has 1 N–H and O–H groups in total. The predicted octanol–water partition coefficient (Wildman–Crippen LogP) is 3.99. The van der Waals surface area contributed by atoms with Crippen LogP contribution < -0.4 is 4.72 Å². The molecular formula is C19H18F3N3O2S. The number of hydrogen-bond donors (Lipinski definition) is 1. The van der Waals surface area contributed by atoms with E-state index < -0.39 is 26.7 Å². The summed E-state index contributed by atoms with van der Waals surface area (Å²) in [5.41, 5.74) is 1.86. The van der Waals surface area contributed by atoms with Crippen LogP contribution in [0.3, 0.4) is 0 Å². The number of benzene rings is 2. The number of alkyl halides is 3. The van der Waals surface area contributed by atoms with Crippen molar-refractivity contribution in [2.24, 2.45) is 0 Å². The number of sulfonamides is 1. The van der Waals surface area contributed by atoms with Gasteiger partial charge in [-0.05, 0) is 44.2 Å². The molecule has 0 atom stereocenters. The van der Waals surface area contributed by atoms with Gasteiger partial charge in [0, 0.05) is 17.8 Å². The van der Waals surface area contributed by atoms with Crippen molar-refractivity contribution in [3.63, 3.8) is 0 Å². The molecule has 0 amide bonds. The van der Waals surface area contributed by atoms with E-state index in [4.69, 9.17) is 0 Å². The molecular weight excluding hydrogens is 391 g/mol. The molecule has 28 heavy (non-hydrogen) atoms. The molecule has 0 aliphatic carbocycles. The summed E-state index contributed by atoms with van der Waals surface area (Å²) in [6, 6.07) is 13.0. The van der Waals surface area contributed by atoms with E-state index in [2.05, 4.69) is 9.82 Å². The van der Waals surface area contributed by atoms with Crippen molar-refractivity contribution < 1.29 is 21.6 Å². The molecule has 1 aromatic heterocycles. The minimum absolute atomic E-state index is 0.0803. The molecule has 0 aliphatic heterocycles. The lowest BCUT2D eigenvalue weighted by Crippen LogP contribution is -2.24. The van der Waals surface area contributed by atoms with E-state index >= 15 is 0 Å². The van der Waals surface area contributed by atoms with Crippen LogP contribution >= 0.6 is 0 Å². The van der Waals surface area contributed by atoms with Crippen LogP contribution in [0.4, 0.5) is 13.2 Å². The van der Waals surface area contributed by atoms with Crippen molar-refractivity contribution in [3.05, 3.63) is 77.1 Å². The van der Waals surface area contributed by atoms with Gasteiger partial charge in [0.2, 0.25) is 10.0 Å². The van der Waals surface area contributed by atoms with Crippen molar-refractivity contribution in [1.82, 2.24) is 14.5 Å². The first-order valence-corrected chi connectivity index (χ1v) is 9.85. The largest absolute Gasteiger partial charge is 0.416 e. The molecule has 0 spiro atoms. The molecule has 0 bridgehead atoms. The molecule has 1 heterocycles. The van der Waals surface area contributed by atoms with E-state index in [1.165, 1.54) is 0 Å². The number of aromatic nitrogens is 2. The van der Waals surface area contributed by atoms with Gasteiger partial charge in [-0.25, -0.2) is 17.8 Å². The number of nitrogens with zero attached hydrogens (tertiary/aromatic N) is 2. The lowest BCUT2D eigenvalue weighted by atomic mass is 10.2. The highest BCUT2D eigenvalue weighted by Gasteiger charge is 2.31. The van der Waals surface area contributed by atoms with Crippen molar-refractivity contribution in [2.75, 3.05) is 0 Å². The van der Waals surface area contributed by atoms with Gasteiger partial charge in [-0.2, -0.15) is 18.3 Å². The highest BCUT2D eigenvalue weighted by Crippen LogP contribution is 2.30. The third kappa shape index (κ3) is 4.10. The molecule has 5 nitrogen and oxygen atoms in total. The quantitative estimate of drug-likeness (QED) is 0.693. The van der Waals surface area contributed by atoms with Crippen LogP contribution in [0.2, 0.25) is 0 Å². The van der Waals surface area contributed by atoms with Crippen molar-refractivity contribution >= 4 is 10.0 Å². The Hall–Kier alpha value is -2.65. The zero-order valence-electron chi connectivity index (χ0n) is 15.2. The standard InChI is InChI=1S/C19H18F3N3O2S/c1-13-18(14(2)25(24-13)16-8-4-3-5-9-16)12-23-28(26,27)17-10-6-7-15(11-17)19(20,21)22/h3-11,23H,12H2,1-2H3. The summed E-state index contributed by atoms with van der Waals surface area (Å²) >= 11 is 0. The second-order valence-corrected chi connectivity index (χ2v) is 8.01. The van der Waals surface area contributed by atoms with Crippen molar-refractivity contribution in [2.45, 2.75) is 31.5 Å². The van der Waals surface area contributed by atoms with Crippen molar-refractivity contribution in [3.8, 4) is 5.69 Å². The first-order chi connectivity index (χ1) is 13.1. The maximum atomic E-state index is 12.9. The highest BCUT2D eigenvalue weighted by atomic mass is 32.2. The van der Waals surface area contributed by atoms with Gasteiger partial charge in [0.05, 0.1) is 21.8 Å². The zero-order chi connectivity index (χ0) is 20.5. The summed E-state index contributed by atoms with van der Waals surface area (Å²) in [6.07, 6.45) is -4.62. The summed E-state index contributed by atoms with van der Waals surface area (Å²) in [5.74, 6) is 0. The molecule has 3 aromatic rings. The minimum atomic E-state index is -4.62. The maximum absolute atomic E-state index is 12.9. The van der Waals surface area contributed by atoms with Gasteiger partial charge in [0.15, 0.2) is 0 Å². The summed E-state index contributed by atoms with van der Waals surface area (Å²) in [6.45, 7) is 3.48. The van der Waals surface area contributed by atoms with E-state index in [9.17, 15) is 21.6 Å². The smallest absolute Gasteiger partial charge is 0.238 e. The third-order valence-electron chi connectivity index (χ3n) is 4.35. The van der Waals surface area contributed by atoms with Gasteiger partial charge < -0.3 is 0 Å². The molecule has 0 saturated heterocycles. The fourth-order valence-electron chi connectivity index (χ4n) is 2.84. The lowest BCUT2D eigenvalue weighted by Gasteiger charge is -2.11. The van der Waals surface area contributed by atoms with E-state index in [1.807, 2.05) is 30.3 Å². The summed E-state index contributed by atoms with van der Waals surface area (Å²) < 4.78 is 67.6. The van der Waals surface area contributed by atoms with Gasteiger partial charge in [0.25, 0.3) is 0 Å². The van der Waals surface area contributed by atoms with Crippen LogP contribution in [-0.4, -0.2) is 18.2 Å². The maximum Gasteiger partial charge on any atom is 0.416 e. The van der Waals surface area contributed by atoms with Crippen LogP contribution in [0.25, 0.3) is 5.69 Å². The van der Waals surface area contributed by atoms with Gasteiger partial charge in [-0.1, -0.05) is 24.3 Å². The van der Waals surface area contributed by atoms with Crippen LogP contribution in [0.5, 0.6) is 0 Å². The molecule has 0 fully saturated rings. The Morgan fingerprint density at radius 1 is 1.04 bits per heavy atom. The van der Waals surface area contributed by atoms with Gasteiger partial charge in [0.1, 0.15) is 0 Å². The average molecular weight is 409 g/mol. The van der Waals surface area contributed by atoms with Crippen molar-refractivity contribution in [1.29, 1.82) is 0 Å². The fraction of sp³-hybridized carbons (Fsp3) is 0.211. The summed E-state index contributed by atoms with van der Waals surface area (Å²) in [4.78, 5) is -0.437. The number of rotatable bonds is 5. The predicted molar refractivity (Wildman–Crippen MR) is 98.5 cm³/mol. The van der Waals surface area contributed by atoms with E-state index in [0.29, 0.717) is 17.3 Å². The molecule has 148 valence electrons. The Morgan fingerprint density at radius 2 is 1.71 bits per heavy atom. The Labute approximate surface area is 160 Å². The topological polar surface area (TPSA) is 64.0 Å². The Bertz CT molecular complexity index is 1090. The average Bonchev–Trinajstić information content (AvgIpc) is 2.94. The van der Waals surface area contributed by atoms with E-state index in [-0.39, 0.29) is 6.54 Å². The minimum Gasteiger partial charge on any atom is -0.238 e. The van der Waals surface area contributed by atoms with Crippen LogP contribution in [0.1, 0.15) is 22.5 Å². The van der Waals surface area contributed by atoms with Crippen LogP contribution in [0.15, 0.2) is 59.5 Å². The Morgan fingerprint density at radius 3 is 2.36 bits per heavy atom. The highest BCUT2D eigenvalue weighted by molar-refractivity contribution is 7.89. The monoisotopic (exact) mass is 409 g/mol. The molecule has 9 heteroatoms. The normalized spacial score (nSPS) is 12.3. The van der Waals surface area contributed by atoms with Gasteiger partial charge in [-0.3, -0.25) is 0 Å². The van der Waals surface area contributed by atoms with E-state index in [0.717, 1.165) is 29.6 Å². The first kappa shape index (κ1) is 20.1. The molecule has 0 radical (unpaired) electrons. The van der Waals surface area contributed by atoms with Crippen LogP contribution in [0, 0.1) is 13.8 Å². The molecule has 2 aromatic carbocycles. The van der Waals surface area contributed by atoms with E-state index in [1.54, 1.807) is 18.5 Å². The van der Waals surface area contributed by atoms with Gasteiger partial charge in [-0.15, -0.1) is 0 Å². The number of halogens is 3. The number of nitrogens with one attached hydrogen (secondary N) is 1. The second kappa shape index (κ2) is 7.40. The summed E-state index contributed by atoms with van der Waals surface area (Å²) in [5, 5.41) is 4.43. The third-order valence-corrected chi connectivity index (χ3v) is 5.75. The first-order valence-electron chi connectivity index (χ1n) is 8.37.